The lowest BCUT2D eigenvalue weighted by molar-refractivity contribution is -0.0881. The Morgan fingerprint density at radius 1 is 0.929 bits per heavy atom. The SMILES string of the molecule is O=C(O)c1ccccc1-c1ccc(-c2cnc(N(Cc3ccc(CP(=O)(OF)OF)c(Br)c3)c3ccccc3)o2)cc1. The molecule has 0 radical (unpaired) electrons. The van der Waals surface area contributed by atoms with Gasteiger partial charge in [0.2, 0.25) is 0 Å². The summed E-state index contributed by atoms with van der Waals surface area (Å²) in [5, 5.41) is 9.53. The van der Waals surface area contributed by atoms with Crippen LogP contribution in [0.25, 0.3) is 22.5 Å². The summed E-state index contributed by atoms with van der Waals surface area (Å²) in [4.78, 5) is 18.0. The van der Waals surface area contributed by atoms with Crippen LogP contribution in [0.3, 0.4) is 0 Å². The van der Waals surface area contributed by atoms with E-state index in [0.717, 1.165) is 22.4 Å². The average molecular weight is 655 g/mol. The van der Waals surface area contributed by atoms with Crippen LogP contribution in [0.1, 0.15) is 21.5 Å². The predicted octanol–water partition coefficient (Wildman–Crippen LogP) is 9.30. The molecule has 0 aliphatic heterocycles. The van der Waals surface area contributed by atoms with Crippen molar-refractivity contribution in [2.45, 2.75) is 12.7 Å². The first-order valence-electron chi connectivity index (χ1n) is 12.5. The van der Waals surface area contributed by atoms with Crippen molar-refractivity contribution in [1.82, 2.24) is 4.98 Å². The molecule has 42 heavy (non-hydrogen) atoms. The number of anilines is 2. The summed E-state index contributed by atoms with van der Waals surface area (Å²) in [5.74, 6) is -0.492. The minimum absolute atomic E-state index is 0.214. The van der Waals surface area contributed by atoms with Gasteiger partial charge in [-0.2, -0.15) is 0 Å². The van der Waals surface area contributed by atoms with E-state index in [9.17, 15) is 23.5 Å². The van der Waals surface area contributed by atoms with E-state index in [0.29, 0.717) is 33.9 Å². The summed E-state index contributed by atoms with van der Waals surface area (Å²) in [6.07, 6.45) is 1.00. The fourth-order valence-electron chi connectivity index (χ4n) is 4.40. The van der Waals surface area contributed by atoms with E-state index in [1.54, 1.807) is 48.7 Å². The van der Waals surface area contributed by atoms with Gasteiger partial charge in [0.15, 0.2) is 5.76 Å². The number of nitrogens with zero attached hydrogens (tertiary/aromatic N) is 2. The summed E-state index contributed by atoms with van der Waals surface area (Å²) < 4.78 is 50.1. The topological polar surface area (TPSA) is 102 Å². The number of para-hydroxylation sites is 1. The summed E-state index contributed by atoms with van der Waals surface area (Å²) in [5.41, 5.74) is 4.24. The molecule has 0 unspecified atom stereocenters. The Bertz CT molecular complexity index is 1740. The quantitative estimate of drug-likeness (QED) is 0.141. The zero-order valence-corrected chi connectivity index (χ0v) is 24.2. The Morgan fingerprint density at radius 3 is 2.26 bits per heavy atom. The summed E-state index contributed by atoms with van der Waals surface area (Å²) in [7, 11) is -4.55. The minimum Gasteiger partial charge on any atom is -0.478 e. The first-order chi connectivity index (χ1) is 20.3. The maximum Gasteiger partial charge on any atom is 0.399 e. The highest BCUT2D eigenvalue weighted by atomic mass is 79.9. The Labute approximate surface area is 247 Å². The van der Waals surface area contributed by atoms with Gasteiger partial charge in [-0.15, -0.1) is 9.46 Å². The lowest BCUT2D eigenvalue weighted by atomic mass is 9.98. The van der Waals surface area contributed by atoms with Gasteiger partial charge >= 0.3 is 19.6 Å². The summed E-state index contributed by atoms with van der Waals surface area (Å²) >= 11 is 3.36. The number of hydrogen-bond acceptors (Lipinski definition) is 7. The number of benzene rings is 4. The van der Waals surface area contributed by atoms with Gasteiger partial charge < -0.3 is 9.52 Å². The van der Waals surface area contributed by atoms with Gasteiger partial charge in [0.1, 0.15) is 0 Å². The molecule has 1 heterocycles. The molecular formula is C30H22BrF2N2O6P. The highest BCUT2D eigenvalue weighted by molar-refractivity contribution is 9.10. The molecule has 214 valence electrons. The van der Waals surface area contributed by atoms with E-state index in [1.165, 1.54) is 0 Å². The van der Waals surface area contributed by atoms with Crippen LogP contribution in [-0.4, -0.2) is 16.1 Å². The maximum atomic E-state index is 12.6. The smallest absolute Gasteiger partial charge is 0.399 e. The van der Waals surface area contributed by atoms with Crippen molar-refractivity contribution in [3.8, 4) is 22.5 Å². The second kappa shape index (κ2) is 12.8. The van der Waals surface area contributed by atoms with Gasteiger partial charge in [0.05, 0.1) is 24.5 Å². The zero-order chi connectivity index (χ0) is 29.7. The van der Waals surface area contributed by atoms with Crippen LogP contribution in [0.15, 0.2) is 112 Å². The van der Waals surface area contributed by atoms with Crippen molar-refractivity contribution in [2.75, 3.05) is 4.90 Å². The molecule has 0 aliphatic carbocycles. The molecule has 0 spiro atoms. The Morgan fingerprint density at radius 2 is 1.60 bits per heavy atom. The van der Waals surface area contributed by atoms with Crippen molar-refractivity contribution < 1.29 is 37.4 Å². The molecule has 8 nitrogen and oxygen atoms in total. The van der Waals surface area contributed by atoms with Gasteiger partial charge in [0, 0.05) is 15.7 Å². The van der Waals surface area contributed by atoms with Crippen LogP contribution in [-0.2, 0) is 26.7 Å². The van der Waals surface area contributed by atoms with Crippen molar-refractivity contribution >= 4 is 41.2 Å². The lowest BCUT2D eigenvalue weighted by Crippen LogP contribution is -2.16. The molecule has 0 atom stereocenters. The molecule has 1 aromatic heterocycles. The minimum atomic E-state index is -4.55. The van der Waals surface area contributed by atoms with Crippen LogP contribution < -0.4 is 4.90 Å². The fourth-order valence-corrected chi connectivity index (χ4v) is 6.00. The van der Waals surface area contributed by atoms with E-state index in [2.05, 4.69) is 30.4 Å². The summed E-state index contributed by atoms with van der Waals surface area (Å²) in [6, 6.07) is 28.9. The average Bonchev–Trinajstić information content (AvgIpc) is 3.51. The molecule has 0 amide bonds. The number of aromatic nitrogens is 1. The Kier molecular flexibility index (Phi) is 8.94. The molecule has 0 saturated carbocycles. The van der Waals surface area contributed by atoms with Crippen molar-refractivity contribution in [3.63, 3.8) is 0 Å². The zero-order valence-electron chi connectivity index (χ0n) is 21.7. The van der Waals surface area contributed by atoms with E-state index in [4.69, 9.17) is 4.42 Å². The van der Waals surface area contributed by atoms with Gasteiger partial charge in [-0.05, 0) is 55.6 Å². The van der Waals surface area contributed by atoms with Gasteiger partial charge in [-0.25, -0.2) is 9.78 Å². The van der Waals surface area contributed by atoms with E-state index < -0.39 is 19.7 Å². The monoisotopic (exact) mass is 654 g/mol. The van der Waals surface area contributed by atoms with Crippen molar-refractivity contribution in [2.24, 2.45) is 0 Å². The Balaban J connectivity index is 1.41. The molecule has 0 bridgehead atoms. The molecule has 12 heteroatoms. The first-order valence-corrected chi connectivity index (χ1v) is 15.0. The van der Waals surface area contributed by atoms with Gasteiger partial charge in [-0.1, -0.05) is 88.7 Å². The van der Waals surface area contributed by atoms with Crippen LogP contribution in [0.2, 0.25) is 0 Å². The molecular weight excluding hydrogens is 633 g/mol. The van der Waals surface area contributed by atoms with E-state index in [1.807, 2.05) is 59.5 Å². The van der Waals surface area contributed by atoms with Crippen LogP contribution >= 0.6 is 23.5 Å². The highest BCUT2D eigenvalue weighted by Gasteiger charge is 2.29. The number of carboxylic acids is 1. The van der Waals surface area contributed by atoms with Crippen molar-refractivity contribution in [1.29, 1.82) is 0 Å². The second-order valence-electron chi connectivity index (χ2n) is 9.19. The normalized spacial score (nSPS) is 11.4. The van der Waals surface area contributed by atoms with Crippen LogP contribution in [0, 0.1) is 0 Å². The molecule has 0 aliphatic rings. The van der Waals surface area contributed by atoms with E-state index >= 15 is 0 Å². The third-order valence-corrected chi connectivity index (χ3v) is 8.35. The summed E-state index contributed by atoms with van der Waals surface area (Å²) in [6.45, 7) is 0.310. The molecule has 0 fully saturated rings. The second-order valence-corrected chi connectivity index (χ2v) is 11.9. The van der Waals surface area contributed by atoms with E-state index in [-0.39, 0.29) is 5.56 Å². The van der Waals surface area contributed by atoms with Crippen LogP contribution in [0.4, 0.5) is 20.8 Å². The molecule has 0 saturated heterocycles. The largest absolute Gasteiger partial charge is 0.478 e. The molecule has 5 aromatic rings. The molecule has 1 N–H and O–H groups in total. The number of carbonyl (C=O) groups is 1. The van der Waals surface area contributed by atoms with Gasteiger partial charge in [0.25, 0.3) is 0 Å². The molecule has 4 aromatic carbocycles. The number of halogens is 3. The number of hydrogen-bond donors (Lipinski definition) is 1. The fraction of sp³-hybridized carbons (Fsp3) is 0.0667. The number of aromatic carboxylic acids is 1. The number of oxazole rings is 1. The third-order valence-electron chi connectivity index (χ3n) is 6.46. The maximum absolute atomic E-state index is 12.6. The Hall–Kier alpha value is -4.15. The first kappa shape index (κ1) is 29.3. The number of carboxylic acid groups (broad SMARTS) is 1. The lowest BCUT2D eigenvalue weighted by Gasteiger charge is -2.21. The standard InChI is InChI=1S/C30H22BrF2N2O6P/c31-27-16-20(10-11-23(27)19-42(38,40-32)41-33)18-35(24-6-2-1-3-7-24)30-34-17-28(39-30)22-14-12-21(13-15-22)25-8-4-5-9-26(25)29(36)37/h1-17H,18-19H2,(H,36,37). The van der Waals surface area contributed by atoms with Crippen LogP contribution in [0.5, 0.6) is 0 Å². The van der Waals surface area contributed by atoms with Crippen molar-refractivity contribution in [3.05, 3.63) is 124 Å². The predicted molar refractivity (Wildman–Crippen MR) is 156 cm³/mol. The number of rotatable bonds is 11. The van der Waals surface area contributed by atoms with Gasteiger partial charge in [-0.3, -0.25) is 9.46 Å². The highest BCUT2D eigenvalue weighted by Crippen LogP contribution is 2.53. The molecule has 5 rings (SSSR count). The third kappa shape index (κ3) is 6.50.